The van der Waals surface area contributed by atoms with Gasteiger partial charge in [0.25, 0.3) is 0 Å². The van der Waals surface area contributed by atoms with Crippen molar-refractivity contribution in [1.82, 2.24) is 4.98 Å². The SMILES string of the molecule is CCOCCc1nc2c(C(=O)O)cccc2o1. The van der Waals surface area contributed by atoms with Gasteiger partial charge in [0.05, 0.1) is 12.2 Å². The van der Waals surface area contributed by atoms with Crippen molar-refractivity contribution >= 4 is 17.1 Å². The summed E-state index contributed by atoms with van der Waals surface area (Å²) in [4.78, 5) is 15.2. The van der Waals surface area contributed by atoms with Crippen LogP contribution in [0.3, 0.4) is 0 Å². The largest absolute Gasteiger partial charge is 0.478 e. The van der Waals surface area contributed by atoms with Gasteiger partial charge in [-0.05, 0) is 19.1 Å². The lowest BCUT2D eigenvalue weighted by Crippen LogP contribution is -1.99. The first-order valence-electron chi connectivity index (χ1n) is 5.42. The molecule has 0 fully saturated rings. The molecule has 0 aliphatic carbocycles. The molecule has 0 spiro atoms. The van der Waals surface area contributed by atoms with Crippen LogP contribution in [0.5, 0.6) is 0 Å². The van der Waals surface area contributed by atoms with Crippen molar-refractivity contribution in [2.24, 2.45) is 0 Å². The number of hydrogen-bond donors (Lipinski definition) is 1. The summed E-state index contributed by atoms with van der Waals surface area (Å²) < 4.78 is 10.6. The second kappa shape index (κ2) is 4.97. The number of carboxylic acid groups (broad SMARTS) is 1. The molecule has 0 radical (unpaired) electrons. The van der Waals surface area contributed by atoms with Gasteiger partial charge in [-0.2, -0.15) is 0 Å². The molecule has 17 heavy (non-hydrogen) atoms. The average molecular weight is 235 g/mol. The van der Waals surface area contributed by atoms with Gasteiger partial charge < -0.3 is 14.3 Å². The number of hydrogen-bond acceptors (Lipinski definition) is 4. The van der Waals surface area contributed by atoms with Crippen LogP contribution in [0.15, 0.2) is 22.6 Å². The van der Waals surface area contributed by atoms with E-state index >= 15 is 0 Å². The summed E-state index contributed by atoms with van der Waals surface area (Å²) in [5.41, 5.74) is 1.05. The predicted molar refractivity (Wildman–Crippen MR) is 61.2 cm³/mol. The van der Waals surface area contributed by atoms with Crippen LogP contribution in [0.4, 0.5) is 0 Å². The minimum Gasteiger partial charge on any atom is -0.478 e. The van der Waals surface area contributed by atoms with Crippen molar-refractivity contribution < 1.29 is 19.1 Å². The summed E-state index contributed by atoms with van der Waals surface area (Å²) in [5, 5.41) is 9.00. The lowest BCUT2D eigenvalue weighted by molar-refractivity contribution is 0.0699. The third-order valence-electron chi connectivity index (χ3n) is 2.36. The number of benzene rings is 1. The molecule has 5 nitrogen and oxygen atoms in total. The van der Waals surface area contributed by atoms with Gasteiger partial charge in [0.1, 0.15) is 5.52 Å². The molecule has 0 aliphatic rings. The van der Waals surface area contributed by atoms with E-state index in [1.807, 2.05) is 6.92 Å². The summed E-state index contributed by atoms with van der Waals surface area (Å²) in [6.45, 7) is 3.07. The number of nitrogens with zero attached hydrogens (tertiary/aromatic N) is 1. The number of ether oxygens (including phenoxy) is 1. The molecule has 2 rings (SSSR count). The molecule has 0 atom stereocenters. The highest BCUT2D eigenvalue weighted by Crippen LogP contribution is 2.19. The average Bonchev–Trinajstić information content (AvgIpc) is 2.71. The van der Waals surface area contributed by atoms with Crippen LogP contribution in [0, 0.1) is 0 Å². The number of aromatic carboxylic acids is 1. The molecule has 1 aromatic carbocycles. The van der Waals surface area contributed by atoms with Gasteiger partial charge in [0.15, 0.2) is 11.5 Å². The lowest BCUT2D eigenvalue weighted by atomic mass is 10.2. The Labute approximate surface area is 98.0 Å². The van der Waals surface area contributed by atoms with E-state index in [1.165, 1.54) is 6.07 Å². The molecule has 0 bridgehead atoms. The molecule has 5 heteroatoms. The zero-order valence-corrected chi connectivity index (χ0v) is 9.47. The molecule has 1 N–H and O–H groups in total. The van der Waals surface area contributed by atoms with E-state index < -0.39 is 5.97 Å². The van der Waals surface area contributed by atoms with Gasteiger partial charge in [0.2, 0.25) is 0 Å². The minimum atomic E-state index is -1.000. The minimum absolute atomic E-state index is 0.161. The van der Waals surface area contributed by atoms with E-state index in [-0.39, 0.29) is 5.56 Å². The van der Waals surface area contributed by atoms with E-state index in [9.17, 15) is 4.79 Å². The van der Waals surface area contributed by atoms with Crippen LogP contribution in [-0.2, 0) is 11.2 Å². The van der Waals surface area contributed by atoms with Crippen LogP contribution in [0.25, 0.3) is 11.1 Å². The Morgan fingerprint density at radius 1 is 1.53 bits per heavy atom. The summed E-state index contributed by atoms with van der Waals surface area (Å²) in [6.07, 6.45) is 0.543. The van der Waals surface area contributed by atoms with Gasteiger partial charge in [-0.1, -0.05) is 6.07 Å². The quantitative estimate of drug-likeness (QED) is 0.803. The van der Waals surface area contributed by atoms with E-state index in [0.717, 1.165) is 0 Å². The zero-order chi connectivity index (χ0) is 12.3. The summed E-state index contributed by atoms with van der Waals surface area (Å²) in [5.74, 6) is -0.498. The smallest absolute Gasteiger partial charge is 0.338 e. The van der Waals surface area contributed by atoms with Crippen LogP contribution in [0.1, 0.15) is 23.2 Å². The standard InChI is InChI=1S/C12H13NO4/c1-2-16-7-6-10-13-11-8(12(14)15)4-3-5-9(11)17-10/h3-5H,2,6-7H2,1H3,(H,14,15). The van der Waals surface area contributed by atoms with Gasteiger partial charge in [0, 0.05) is 13.0 Å². The highest BCUT2D eigenvalue weighted by atomic mass is 16.5. The number of carbonyl (C=O) groups is 1. The number of aromatic nitrogens is 1. The maximum atomic E-state index is 11.0. The van der Waals surface area contributed by atoms with Gasteiger partial charge in [-0.25, -0.2) is 9.78 Å². The lowest BCUT2D eigenvalue weighted by Gasteiger charge is -1.95. The molecule has 90 valence electrons. The first-order chi connectivity index (χ1) is 8.22. The fraction of sp³-hybridized carbons (Fsp3) is 0.333. The van der Waals surface area contributed by atoms with Crippen molar-refractivity contribution in [2.45, 2.75) is 13.3 Å². The molecular formula is C12H13NO4. The first-order valence-corrected chi connectivity index (χ1v) is 5.42. The number of fused-ring (bicyclic) bond motifs is 1. The molecule has 1 aromatic heterocycles. The van der Waals surface area contributed by atoms with Crippen LogP contribution < -0.4 is 0 Å². The highest BCUT2D eigenvalue weighted by molar-refractivity contribution is 6.00. The molecule has 1 heterocycles. The number of carboxylic acids is 1. The van der Waals surface area contributed by atoms with Crippen molar-refractivity contribution in [3.63, 3.8) is 0 Å². The highest BCUT2D eigenvalue weighted by Gasteiger charge is 2.13. The second-order valence-corrected chi connectivity index (χ2v) is 3.51. The summed E-state index contributed by atoms with van der Waals surface area (Å²) in [6, 6.07) is 4.86. The first kappa shape index (κ1) is 11.6. The molecule has 0 saturated carbocycles. The Bertz CT molecular complexity index is 532. The van der Waals surface area contributed by atoms with Crippen molar-refractivity contribution in [1.29, 1.82) is 0 Å². The third kappa shape index (κ3) is 2.45. The molecule has 0 saturated heterocycles. The van der Waals surface area contributed by atoms with Crippen LogP contribution >= 0.6 is 0 Å². The van der Waals surface area contributed by atoms with Gasteiger partial charge in [-0.15, -0.1) is 0 Å². The van der Waals surface area contributed by atoms with Crippen molar-refractivity contribution in [3.8, 4) is 0 Å². The maximum Gasteiger partial charge on any atom is 0.338 e. The Morgan fingerprint density at radius 3 is 3.06 bits per heavy atom. The normalized spacial score (nSPS) is 10.9. The topological polar surface area (TPSA) is 72.6 Å². The Morgan fingerprint density at radius 2 is 2.35 bits per heavy atom. The number of rotatable bonds is 5. The molecule has 2 aromatic rings. The zero-order valence-electron chi connectivity index (χ0n) is 9.47. The molecule has 0 unspecified atom stereocenters. The number of para-hydroxylation sites is 1. The van der Waals surface area contributed by atoms with E-state index in [2.05, 4.69) is 4.98 Å². The fourth-order valence-electron chi connectivity index (χ4n) is 1.58. The fourth-order valence-corrected chi connectivity index (χ4v) is 1.58. The van der Waals surface area contributed by atoms with Crippen LogP contribution in [0.2, 0.25) is 0 Å². The monoisotopic (exact) mass is 235 g/mol. The van der Waals surface area contributed by atoms with Crippen LogP contribution in [-0.4, -0.2) is 29.3 Å². The Kier molecular flexibility index (Phi) is 3.39. The van der Waals surface area contributed by atoms with Crippen molar-refractivity contribution in [2.75, 3.05) is 13.2 Å². The van der Waals surface area contributed by atoms with Gasteiger partial charge >= 0.3 is 5.97 Å². The number of oxazole rings is 1. The summed E-state index contributed by atoms with van der Waals surface area (Å²) >= 11 is 0. The van der Waals surface area contributed by atoms with Crippen molar-refractivity contribution in [3.05, 3.63) is 29.7 Å². The third-order valence-corrected chi connectivity index (χ3v) is 2.36. The Balaban J connectivity index is 2.30. The van der Waals surface area contributed by atoms with E-state index in [4.69, 9.17) is 14.3 Å². The second-order valence-electron chi connectivity index (χ2n) is 3.51. The summed E-state index contributed by atoms with van der Waals surface area (Å²) in [7, 11) is 0. The molecule has 0 amide bonds. The van der Waals surface area contributed by atoms with E-state index in [0.29, 0.717) is 36.6 Å². The van der Waals surface area contributed by atoms with Gasteiger partial charge in [-0.3, -0.25) is 0 Å². The Hall–Kier alpha value is -1.88. The predicted octanol–water partition coefficient (Wildman–Crippen LogP) is 2.10. The molecule has 0 aliphatic heterocycles. The van der Waals surface area contributed by atoms with E-state index in [1.54, 1.807) is 12.1 Å². The maximum absolute atomic E-state index is 11.0. The molecular weight excluding hydrogens is 222 g/mol.